The molecule has 1 aromatic heterocycles. The highest BCUT2D eigenvalue weighted by Crippen LogP contribution is 2.34. The third-order valence-corrected chi connectivity index (χ3v) is 5.88. The van der Waals surface area contributed by atoms with Crippen LogP contribution in [0.2, 0.25) is 5.02 Å². The number of aryl methyl sites for hydroxylation is 2. The van der Waals surface area contributed by atoms with E-state index in [-0.39, 0.29) is 5.91 Å². The van der Waals surface area contributed by atoms with Crippen molar-refractivity contribution in [1.82, 2.24) is 14.7 Å². The number of nitrogens with zero attached hydrogens (tertiary/aromatic N) is 3. The van der Waals surface area contributed by atoms with E-state index in [1.807, 2.05) is 68.6 Å². The Morgan fingerprint density at radius 1 is 1.03 bits per heavy atom. The van der Waals surface area contributed by atoms with Crippen molar-refractivity contribution in [3.05, 3.63) is 101 Å². The molecule has 4 aromatic rings. The van der Waals surface area contributed by atoms with Gasteiger partial charge in [0.05, 0.1) is 18.7 Å². The summed E-state index contributed by atoms with van der Waals surface area (Å²) in [5.41, 5.74) is 4.18. The molecule has 3 aromatic carbocycles. The standard InChI is InChI=1S/C28H28ClN3O3/c1-20-8-7-11-24(18-20)35-28-25(26(30-31(28)2)21-9-5-4-6-10-21)19-32(16-17-34-3)27(33)22-12-14-23(29)15-13-22/h4-15,18H,16-17,19H2,1-3H3. The smallest absolute Gasteiger partial charge is 0.254 e. The fraction of sp³-hybridized carbons (Fsp3) is 0.214. The summed E-state index contributed by atoms with van der Waals surface area (Å²) in [5, 5.41) is 5.36. The third-order valence-electron chi connectivity index (χ3n) is 5.63. The van der Waals surface area contributed by atoms with Gasteiger partial charge in [-0.05, 0) is 48.9 Å². The third kappa shape index (κ3) is 5.91. The molecule has 0 aliphatic rings. The molecule has 6 nitrogen and oxygen atoms in total. The van der Waals surface area contributed by atoms with Crippen molar-refractivity contribution in [2.24, 2.45) is 7.05 Å². The first-order valence-corrected chi connectivity index (χ1v) is 11.7. The van der Waals surface area contributed by atoms with Gasteiger partial charge in [-0.1, -0.05) is 54.1 Å². The van der Waals surface area contributed by atoms with E-state index in [1.165, 1.54) is 0 Å². The normalized spacial score (nSPS) is 10.9. The Bertz CT molecular complexity index is 1290. The summed E-state index contributed by atoms with van der Waals surface area (Å²) in [5.74, 6) is 1.17. The molecular weight excluding hydrogens is 462 g/mol. The number of carbonyl (C=O) groups is 1. The van der Waals surface area contributed by atoms with Gasteiger partial charge in [-0.25, -0.2) is 4.68 Å². The predicted octanol–water partition coefficient (Wildman–Crippen LogP) is 6.13. The Kier molecular flexibility index (Phi) is 7.85. The number of ether oxygens (including phenoxy) is 2. The van der Waals surface area contributed by atoms with Crippen molar-refractivity contribution in [2.45, 2.75) is 13.5 Å². The second-order valence-corrected chi connectivity index (χ2v) is 8.70. The van der Waals surface area contributed by atoms with Crippen LogP contribution in [0.1, 0.15) is 21.5 Å². The van der Waals surface area contributed by atoms with Gasteiger partial charge in [-0.2, -0.15) is 5.10 Å². The molecule has 0 atom stereocenters. The fourth-order valence-corrected chi connectivity index (χ4v) is 3.99. The van der Waals surface area contributed by atoms with E-state index < -0.39 is 0 Å². The molecule has 0 saturated heterocycles. The summed E-state index contributed by atoms with van der Waals surface area (Å²) in [7, 11) is 3.47. The van der Waals surface area contributed by atoms with Gasteiger partial charge < -0.3 is 14.4 Å². The lowest BCUT2D eigenvalue weighted by Crippen LogP contribution is -2.33. The quantitative estimate of drug-likeness (QED) is 0.284. The van der Waals surface area contributed by atoms with Gasteiger partial charge in [0, 0.05) is 36.9 Å². The van der Waals surface area contributed by atoms with Crippen molar-refractivity contribution in [3.63, 3.8) is 0 Å². The minimum Gasteiger partial charge on any atom is -0.439 e. The first kappa shape index (κ1) is 24.5. The number of hydrogen-bond donors (Lipinski definition) is 0. The zero-order chi connectivity index (χ0) is 24.8. The molecule has 0 unspecified atom stereocenters. The monoisotopic (exact) mass is 489 g/mol. The van der Waals surface area contributed by atoms with Crippen LogP contribution < -0.4 is 4.74 Å². The predicted molar refractivity (Wildman–Crippen MR) is 138 cm³/mol. The first-order valence-electron chi connectivity index (χ1n) is 11.4. The molecule has 0 radical (unpaired) electrons. The number of amides is 1. The lowest BCUT2D eigenvalue weighted by atomic mass is 10.1. The molecule has 0 bridgehead atoms. The molecule has 1 amide bonds. The largest absolute Gasteiger partial charge is 0.439 e. The van der Waals surface area contributed by atoms with Crippen molar-refractivity contribution < 1.29 is 14.3 Å². The van der Waals surface area contributed by atoms with Crippen LogP contribution in [0.25, 0.3) is 11.3 Å². The summed E-state index contributed by atoms with van der Waals surface area (Å²) in [6, 6.07) is 24.7. The number of carbonyl (C=O) groups excluding carboxylic acids is 1. The van der Waals surface area contributed by atoms with E-state index in [4.69, 9.17) is 26.2 Å². The molecule has 4 rings (SSSR count). The van der Waals surface area contributed by atoms with Crippen LogP contribution in [0, 0.1) is 6.92 Å². The maximum absolute atomic E-state index is 13.5. The second-order valence-electron chi connectivity index (χ2n) is 8.27. The van der Waals surface area contributed by atoms with Crippen molar-refractivity contribution in [2.75, 3.05) is 20.3 Å². The van der Waals surface area contributed by atoms with E-state index in [1.54, 1.807) is 41.0 Å². The zero-order valence-corrected chi connectivity index (χ0v) is 20.8. The van der Waals surface area contributed by atoms with Crippen LogP contribution in [-0.2, 0) is 18.3 Å². The number of methoxy groups -OCH3 is 1. The fourth-order valence-electron chi connectivity index (χ4n) is 3.86. The van der Waals surface area contributed by atoms with Crippen LogP contribution in [0.5, 0.6) is 11.6 Å². The number of rotatable bonds is 9. The lowest BCUT2D eigenvalue weighted by Gasteiger charge is -2.23. The summed E-state index contributed by atoms with van der Waals surface area (Å²) < 4.78 is 13.4. The summed E-state index contributed by atoms with van der Waals surface area (Å²) >= 11 is 6.04. The van der Waals surface area contributed by atoms with E-state index in [0.29, 0.717) is 41.9 Å². The minimum absolute atomic E-state index is 0.122. The Morgan fingerprint density at radius 2 is 1.77 bits per heavy atom. The lowest BCUT2D eigenvalue weighted by molar-refractivity contribution is 0.0679. The minimum atomic E-state index is -0.122. The Hall–Kier alpha value is -3.61. The van der Waals surface area contributed by atoms with Gasteiger partial charge in [0.15, 0.2) is 0 Å². The van der Waals surface area contributed by atoms with E-state index >= 15 is 0 Å². The van der Waals surface area contributed by atoms with Crippen LogP contribution in [-0.4, -0.2) is 40.8 Å². The van der Waals surface area contributed by atoms with Gasteiger partial charge >= 0.3 is 0 Å². The molecule has 180 valence electrons. The van der Waals surface area contributed by atoms with E-state index in [9.17, 15) is 4.79 Å². The van der Waals surface area contributed by atoms with Crippen LogP contribution in [0.4, 0.5) is 0 Å². The highest BCUT2D eigenvalue weighted by molar-refractivity contribution is 6.30. The molecule has 0 spiro atoms. The average molecular weight is 490 g/mol. The van der Waals surface area contributed by atoms with Crippen molar-refractivity contribution in [3.8, 4) is 22.9 Å². The first-order chi connectivity index (χ1) is 17.0. The Morgan fingerprint density at radius 3 is 2.46 bits per heavy atom. The highest BCUT2D eigenvalue weighted by Gasteiger charge is 2.25. The maximum atomic E-state index is 13.5. The van der Waals surface area contributed by atoms with E-state index in [0.717, 1.165) is 22.4 Å². The molecule has 7 heteroatoms. The maximum Gasteiger partial charge on any atom is 0.254 e. The molecular formula is C28H28ClN3O3. The Balaban J connectivity index is 1.76. The summed E-state index contributed by atoms with van der Waals surface area (Å²) in [4.78, 5) is 15.2. The molecule has 0 aliphatic heterocycles. The Labute approximate surface area is 210 Å². The van der Waals surface area contributed by atoms with Gasteiger partial charge in [-0.15, -0.1) is 0 Å². The molecule has 0 N–H and O–H groups in total. The summed E-state index contributed by atoms with van der Waals surface area (Å²) in [6.07, 6.45) is 0. The molecule has 1 heterocycles. The number of benzene rings is 3. The van der Waals surface area contributed by atoms with Gasteiger partial charge in [0.25, 0.3) is 5.91 Å². The molecule has 0 fully saturated rings. The zero-order valence-electron chi connectivity index (χ0n) is 20.1. The molecule has 35 heavy (non-hydrogen) atoms. The van der Waals surface area contributed by atoms with E-state index in [2.05, 4.69) is 0 Å². The van der Waals surface area contributed by atoms with Crippen LogP contribution in [0.3, 0.4) is 0 Å². The van der Waals surface area contributed by atoms with Crippen LogP contribution >= 0.6 is 11.6 Å². The molecule has 0 aliphatic carbocycles. The van der Waals surface area contributed by atoms with Crippen molar-refractivity contribution in [1.29, 1.82) is 0 Å². The topological polar surface area (TPSA) is 56.6 Å². The van der Waals surface area contributed by atoms with Crippen LogP contribution in [0.15, 0.2) is 78.9 Å². The van der Waals surface area contributed by atoms with Gasteiger partial charge in [-0.3, -0.25) is 4.79 Å². The van der Waals surface area contributed by atoms with Crippen molar-refractivity contribution >= 4 is 17.5 Å². The van der Waals surface area contributed by atoms with Gasteiger partial charge in [0.1, 0.15) is 11.4 Å². The highest BCUT2D eigenvalue weighted by atomic mass is 35.5. The average Bonchev–Trinajstić information content (AvgIpc) is 3.17. The number of aromatic nitrogens is 2. The van der Waals surface area contributed by atoms with Gasteiger partial charge in [0.2, 0.25) is 5.88 Å². The molecule has 0 saturated carbocycles. The number of hydrogen-bond acceptors (Lipinski definition) is 4. The second kappa shape index (κ2) is 11.2. The summed E-state index contributed by atoms with van der Waals surface area (Å²) in [6.45, 7) is 3.12. The number of halogens is 1. The SMILES string of the molecule is COCCN(Cc1c(-c2ccccc2)nn(C)c1Oc1cccc(C)c1)C(=O)c1ccc(Cl)cc1.